The Labute approximate surface area is 119 Å². The Bertz CT molecular complexity index is 349. The van der Waals surface area contributed by atoms with Gasteiger partial charge >= 0.3 is 6.18 Å². The number of alkyl halides is 3. The number of nitrogens with one attached hydrogen (secondary N) is 1. The van der Waals surface area contributed by atoms with Gasteiger partial charge in [0.15, 0.2) is 0 Å². The van der Waals surface area contributed by atoms with Crippen molar-refractivity contribution in [1.82, 2.24) is 10.2 Å². The molecule has 1 N–H and O–H groups in total. The highest BCUT2D eigenvalue weighted by Crippen LogP contribution is 2.32. The van der Waals surface area contributed by atoms with Gasteiger partial charge < -0.3 is 0 Å². The molecule has 0 radical (unpaired) electrons. The average Bonchev–Trinajstić information content (AvgIpc) is 2.34. The highest BCUT2D eigenvalue weighted by Gasteiger charge is 2.41. The van der Waals surface area contributed by atoms with Gasteiger partial charge in [0.2, 0.25) is 0 Å². The molecule has 1 fully saturated rings. The number of nitriles is 1. The Balaban J connectivity index is 2.78. The molecule has 0 bridgehead atoms. The Kier molecular flexibility index (Phi) is 5.84. The Hall–Kier alpha value is -0.800. The first-order valence-corrected chi connectivity index (χ1v) is 7.21. The van der Waals surface area contributed by atoms with Gasteiger partial charge in [-0.2, -0.15) is 18.4 Å². The van der Waals surface area contributed by atoms with Crippen LogP contribution in [0.5, 0.6) is 0 Å². The zero-order valence-electron chi connectivity index (χ0n) is 12.4. The van der Waals surface area contributed by atoms with Crippen LogP contribution in [0.4, 0.5) is 13.2 Å². The summed E-state index contributed by atoms with van der Waals surface area (Å²) >= 11 is 0. The van der Waals surface area contributed by atoms with Gasteiger partial charge in [-0.15, -0.1) is 0 Å². The highest BCUT2D eigenvalue weighted by atomic mass is 19.4. The van der Waals surface area contributed by atoms with Crippen LogP contribution in [0.2, 0.25) is 0 Å². The molecule has 1 rings (SSSR count). The topological polar surface area (TPSA) is 39.1 Å². The lowest BCUT2D eigenvalue weighted by Crippen LogP contribution is -2.55. The first-order chi connectivity index (χ1) is 9.21. The molecule has 1 saturated carbocycles. The summed E-state index contributed by atoms with van der Waals surface area (Å²) in [5.74, 6) is 0. The van der Waals surface area contributed by atoms with Crippen molar-refractivity contribution < 1.29 is 13.2 Å². The summed E-state index contributed by atoms with van der Waals surface area (Å²) in [4.78, 5) is 1.45. The Morgan fingerprint density at radius 1 is 1.45 bits per heavy atom. The third-order valence-electron chi connectivity index (χ3n) is 3.81. The molecule has 20 heavy (non-hydrogen) atoms. The minimum absolute atomic E-state index is 0.145. The number of hydrogen-bond acceptors (Lipinski definition) is 3. The maximum absolute atomic E-state index is 12.6. The van der Waals surface area contributed by atoms with Gasteiger partial charge in [-0.1, -0.05) is 6.92 Å². The maximum Gasteiger partial charge on any atom is 0.401 e. The molecule has 3 nitrogen and oxygen atoms in total. The van der Waals surface area contributed by atoms with Crippen LogP contribution in [-0.2, 0) is 0 Å². The number of nitrogens with zero attached hydrogens (tertiary/aromatic N) is 2. The van der Waals surface area contributed by atoms with Crippen LogP contribution >= 0.6 is 0 Å². The van der Waals surface area contributed by atoms with E-state index in [2.05, 4.69) is 11.4 Å². The molecule has 0 aromatic carbocycles. The molecule has 2 atom stereocenters. The summed E-state index contributed by atoms with van der Waals surface area (Å²) in [7, 11) is 0. The van der Waals surface area contributed by atoms with Gasteiger partial charge in [0.1, 0.15) is 5.54 Å². The van der Waals surface area contributed by atoms with E-state index in [-0.39, 0.29) is 12.1 Å². The first kappa shape index (κ1) is 17.3. The maximum atomic E-state index is 12.6. The van der Waals surface area contributed by atoms with Crippen molar-refractivity contribution in [3.8, 4) is 6.07 Å². The smallest absolute Gasteiger partial charge is 0.297 e. The van der Waals surface area contributed by atoms with E-state index in [1.807, 2.05) is 13.8 Å². The van der Waals surface area contributed by atoms with Crippen LogP contribution in [0, 0.1) is 11.3 Å². The van der Waals surface area contributed by atoms with E-state index in [0.717, 1.165) is 12.8 Å². The fourth-order valence-electron chi connectivity index (χ4n) is 3.10. The molecular formula is C14H24F3N3. The fourth-order valence-corrected chi connectivity index (χ4v) is 3.10. The van der Waals surface area contributed by atoms with E-state index in [9.17, 15) is 18.4 Å². The van der Waals surface area contributed by atoms with Crippen molar-refractivity contribution in [2.75, 3.05) is 13.1 Å². The van der Waals surface area contributed by atoms with E-state index < -0.39 is 18.3 Å². The molecule has 0 spiro atoms. The third-order valence-corrected chi connectivity index (χ3v) is 3.81. The summed E-state index contributed by atoms with van der Waals surface area (Å²) in [5, 5.41) is 12.7. The molecular weight excluding hydrogens is 267 g/mol. The molecule has 0 aliphatic heterocycles. The zero-order valence-corrected chi connectivity index (χ0v) is 12.4. The van der Waals surface area contributed by atoms with Crippen molar-refractivity contribution in [1.29, 1.82) is 5.26 Å². The van der Waals surface area contributed by atoms with Gasteiger partial charge in [0.05, 0.1) is 12.6 Å². The molecule has 1 aliphatic carbocycles. The summed E-state index contributed by atoms with van der Waals surface area (Å²) in [6.45, 7) is 5.11. The van der Waals surface area contributed by atoms with Crippen LogP contribution in [-0.4, -0.2) is 41.8 Å². The Morgan fingerprint density at radius 2 is 2.10 bits per heavy atom. The second-order valence-electron chi connectivity index (χ2n) is 5.92. The molecule has 0 aromatic heterocycles. The number of hydrogen-bond donors (Lipinski definition) is 1. The minimum Gasteiger partial charge on any atom is -0.297 e. The summed E-state index contributed by atoms with van der Waals surface area (Å²) in [6.07, 6.45) is -1.50. The lowest BCUT2D eigenvalue weighted by Gasteiger charge is -2.42. The largest absolute Gasteiger partial charge is 0.401 e. The molecule has 0 amide bonds. The first-order valence-electron chi connectivity index (χ1n) is 7.21. The molecule has 2 unspecified atom stereocenters. The van der Waals surface area contributed by atoms with Gasteiger partial charge in [-0.3, -0.25) is 10.2 Å². The monoisotopic (exact) mass is 291 g/mol. The van der Waals surface area contributed by atoms with Crippen molar-refractivity contribution in [2.45, 2.75) is 70.3 Å². The molecule has 1 aliphatic rings. The number of halogens is 3. The van der Waals surface area contributed by atoms with Gasteiger partial charge in [0.25, 0.3) is 0 Å². The van der Waals surface area contributed by atoms with E-state index >= 15 is 0 Å². The van der Waals surface area contributed by atoms with Gasteiger partial charge in [-0.05, 0) is 46.1 Å². The molecule has 0 heterocycles. The van der Waals surface area contributed by atoms with E-state index in [4.69, 9.17) is 0 Å². The normalized spacial score (nSPS) is 27.9. The fraction of sp³-hybridized carbons (Fsp3) is 0.929. The summed E-state index contributed by atoms with van der Waals surface area (Å²) in [6, 6.07) is 2.27. The summed E-state index contributed by atoms with van der Waals surface area (Å²) < 4.78 is 37.8. The van der Waals surface area contributed by atoms with Crippen LogP contribution in [0.1, 0.15) is 46.5 Å². The van der Waals surface area contributed by atoms with Gasteiger partial charge in [0, 0.05) is 12.1 Å². The molecule has 0 aromatic rings. The van der Waals surface area contributed by atoms with E-state index in [1.165, 1.54) is 4.90 Å². The predicted octanol–water partition coefficient (Wildman–Crippen LogP) is 3.07. The second kappa shape index (κ2) is 6.77. The summed E-state index contributed by atoms with van der Waals surface area (Å²) in [5.41, 5.74) is -0.684. The number of rotatable bonds is 5. The van der Waals surface area contributed by atoms with Crippen molar-refractivity contribution in [2.24, 2.45) is 0 Å². The SMILES string of the molecule is CCN(CC(F)(F)F)C1CCCC(C#N)(NC(C)C)C1. The van der Waals surface area contributed by atoms with Crippen LogP contribution in [0.3, 0.4) is 0 Å². The van der Waals surface area contributed by atoms with Gasteiger partial charge in [-0.25, -0.2) is 0 Å². The van der Waals surface area contributed by atoms with E-state index in [1.54, 1.807) is 6.92 Å². The molecule has 0 saturated heterocycles. The third kappa shape index (κ3) is 4.95. The Morgan fingerprint density at radius 3 is 2.55 bits per heavy atom. The second-order valence-corrected chi connectivity index (χ2v) is 5.92. The average molecular weight is 291 g/mol. The van der Waals surface area contributed by atoms with Crippen LogP contribution < -0.4 is 5.32 Å². The standard InChI is InChI=1S/C14H24F3N3/c1-4-20(10-14(15,16)17)12-6-5-7-13(8-12,9-18)19-11(2)3/h11-12,19H,4-8,10H2,1-3H3. The molecule has 116 valence electrons. The van der Waals surface area contributed by atoms with Crippen molar-refractivity contribution in [3.63, 3.8) is 0 Å². The van der Waals surface area contributed by atoms with Crippen LogP contribution in [0.25, 0.3) is 0 Å². The van der Waals surface area contributed by atoms with E-state index in [0.29, 0.717) is 19.4 Å². The molecule has 6 heteroatoms. The van der Waals surface area contributed by atoms with Crippen LogP contribution in [0.15, 0.2) is 0 Å². The zero-order chi connectivity index (χ0) is 15.4. The quantitative estimate of drug-likeness (QED) is 0.846. The lowest BCUT2D eigenvalue weighted by molar-refractivity contribution is -0.152. The lowest BCUT2D eigenvalue weighted by atomic mass is 9.79. The highest BCUT2D eigenvalue weighted by molar-refractivity contribution is 5.11. The van der Waals surface area contributed by atoms with Crippen molar-refractivity contribution >= 4 is 0 Å². The van der Waals surface area contributed by atoms with Crippen molar-refractivity contribution in [3.05, 3.63) is 0 Å². The predicted molar refractivity (Wildman–Crippen MR) is 72.2 cm³/mol. The minimum atomic E-state index is -4.19.